The highest BCUT2D eigenvalue weighted by Crippen LogP contribution is 2.18. The number of aryl methyl sites for hydroxylation is 1. The molecular weight excluding hydrogens is 400 g/mol. The van der Waals surface area contributed by atoms with Crippen molar-refractivity contribution in [3.05, 3.63) is 89.5 Å². The highest BCUT2D eigenvalue weighted by atomic mass is 32.2. The Labute approximate surface area is 177 Å². The molecule has 7 heteroatoms. The zero-order chi connectivity index (χ0) is 21.6. The molecule has 0 aromatic heterocycles. The van der Waals surface area contributed by atoms with Gasteiger partial charge in [-0.15, -0.1) is 0 Å². The van der Waals surface area contributed by atoms with Crippen LogP contribution in [0, 0.1) is 6.92 Å². The second kappa shape index (κ2) is 9.45. The van der Waals surface area contributed by atoms with Crippen LogP contribution in [0.5, 0.6) is 5.75 Å². The summed E-state index contributed by atoms with van der Waals surface area (Å²) in [5.74, 6) is 0.419. The lowest BCUT2D eigenvalue weighted by molar-refractivity contribution is 0.0950. The molecule has 0 aliphatic carbocycles. The minimum atomic E-state index is -3.80. The lowest BCUT2D eigenvalue weighted by Crippen LogP contribution is -2.23. The SMILES string of the molecule is CCOc1ccc(CNC(=O)c2cccc(S(=O)(=O)Nc3ccc(C)cc3)c2)cc1. The van der Waals surface area contributed by atoms with E-state index in [0.29, 0.717) is 18.8 Å². The van der Waals surface area contributed by atoms with Crippen molar-refractivity contribution in [2.75, 3.05) is 11.3 Å². The Morgan fingerprint density at radius 2 is 1.67 bits per heavy atom. The third-order valence-electron chi connectivity index (χ3n) is 4.40. The van der Waals surface area contributed by atoms with Crippen LogP contribution in [0.4, 0.5) is 5.69 Å². The number of anilines is 1. The minimum absolute atomic E-state index is 0.0248. The van der Waals surface area contributed by atoms with Gasteiger partial charge in [-0.3, -0.25) is 9.52 Å². The summed E-state index contributed by atoms with van der Waals surface area (Å²) in [7, 11) is -3.80. The first-order valence-corrected chi connectivity index (χ1v) is 11.0. The molecular formula is C23H24N2O4S. The molecule has 0 saturated carbocycles. The summed E-state index contributed by atoms with van der Waals surface area (Å²) in [5, 5.41) is 2.81. The van der Waals surface area contributed by atoms with Gasteiger partial charge < -0.3 is 10.1 Å². The average Bonchev–Trinajstić information content (AvgIpc) is 2.75. The molecule has 0 radical (unpaired) electrons. The van der Waals surface area contributed by atoms with Gasteiger partial charge in [0, 0.05) is 17.8 Å². The fourth-order valence-electron chi connectivity index (χ4n) is 2.79. The predicted molar refractivity (Wildman–Crippen MR) is 117 cm³/mol. The zero-order valence-corrected chi connectivity index (χ0v) is 17.7. The van der Waals surface area contributed by atoms with E-state index in [9.17, 15) is 13.2 Å². The van der Waals surface area contributed by atoms with Crippen LogP contribution in [0.1, 0.15) is 28.4 Å². The van der Waals surface area contributed by atoms with E-state index in [0.717, 1.165) is 16.9 Å². The fourth-order valence-corrected chi connectivity index (χ4v) is 3.90. The Morgan fingerprint density at radius 1 is 0.967 bits per heavy atom. The first-order valence-electron chi connectivity index (χ1n) is 9.57. The van der Waals surface area contributed by atoms with E-state index >= 15 is 0 Å². The van der Waals surface area contributed by atoms with Crippen molar-refractivity contribution in [3.8, 4) is 5.75 Å². The van der Waals surface area contributed by atoms with Crippen LogP contribution in [-0.4, -0.2) is 20.9 Å². The van der Waals surface area contributed by atoms with Gasteiger partial charge in [-0.2, -0.15) is 0 Å². The summed E-state index contributed by atoms with van der Waals surface area (Å²) in [4.78, 5) is 12.5. The molecule has 0 fully saturated rings. The van der Waals surface area contributed by atoms with Gasteiger partial charge in [0.1, 0.15) is 5.75 Å². The Morgan fingerprint density at radius 3 is 2.33 bits per heavy atom. The number of hydrogen-bond donors (Lipinski definition) is 2. The highest BCUT2D eigenvalue weighted by molar-refractivity contribution is 7.92. The molecule has 0 heterocycles. The lowest BCUT2D eigenvalue weighted by Gasteiger charge is -2.10. The number of sulfonamides is 1. The molecule has 0 spiro atoms. The zero-order valence-electron chi connectivity index (χ0n) is 16.9. The van der Waals surface area contributed by atoms with Crippen molar-refractivity contribution in [1.82, 2.24) is 5.32 Å². The molecule has 6 nitrogen and oxygen atoms in total. The number of hydrogen-bond acceptors (Lipinski definition) is 4. The predicted octanol–water partition coefficient (Wildman–Crippen LogP) is 4.12. The standard InChI is InChI=1S/C23H24N2O4S/c1-3-29-21-13-9-18(10-14-21)16-24-23(26)19-5-4-6-22(15-19)30(27,28)25-20-11-7-17(2)8-12-20/h4-15,25H,3,16H2,1-2H3,(H,24,26). The van der Waals surface area contributed by atoms with Gasteiger partial charge in [0.2, 0.25) is 0 Å². The van der Waals surface area contributed by atoms with Gasteiger partial charge in [0.15, 0.2) is 0 Å². The summed E-state index contributed by atoms with van der Waals surface area (Å²) in [6, 6.07) is 20.4. The van der Waals surface area contributed by atoms with Crippen LogP contribution >= 0.6 is 0 Å². The third-order valence-corrected chi connectivity index (χ3v) is 5.78. The fraction of sp³-hybridized carbons (Fsp3) is 0.174. The second-order valence-electron chi connectivity index (χ2n) is 6.76. The van der Waals surface area contributed by atoms with Crippen LogP contribution in [0.2, 0.25) is 0 Å². The summed E-state index contributed by atoms with van der Waals surface area (Å²) in [6.07, 6.45) is 0. The molecule has 0 unspecified atom stereocenters. The summed E-state index contributed by atoms with van der Waals surface area (Å²) < 4.78 is 33.3. The molecule has 156 valence electrons. The molecule has 2 N–H and O–H groups in total. The largest absolute Gasteiger partial charge is 0.494 e. The van der Waals surface area contributed by atoms with E-state index < -0.39 is 10.0 Å². The Bertz CT molecular complexity index is 1110. The maximum atomic E-state index is 12.7. The van der Waals surface area contributed by atoms with Crippen molar-refractivity contribution in [1.29, 1.82) is 0 Å². The van der Waals surface area contributed by atoms with E-state index in [2.05, 4.69) is 10.0 Å². The summed E-state index contributed by atoms with van der Waals surface area (Å²) in [6.45, 7) is 4.75. The first kappa shape index (κ1) is 21.4. The van der Waals surface area contributed by atoms with Gasteiger partial charge >= 0.3 is 0 Å². The number of carbonyl (C=O) groups excluding carboxylic acids is 1. The van der Waals surface area contributed by atoms with Crippen molar-refractivity contribution in [3.63, 3.8) is 0 Å². The molecule has 30 heavy (non-hydrogen) atoms. The van der Waals surface area contributed by atoms with Gasteiger partial charge in [-0.1, -0.05) is 35.9 Å². The first-order chi connectivity index (χ1) is 14.4. The Kier molecular flexibility index (Phi) is 6.74. The molecule has 0 atom stereocenters. The molecule has 3 aromatic rings. The van der Waals surface area contributed by atoms with Crippen LogP contribution in [-0.2, 0) is 16.6 Å². The average molecular weight is 425 g/mol. The van der Waals surface area contributed by atoms with Crippen molar-refractivity contribution in [2.45, 2.75) is 25.3 Å². The number of carbonyl (C=O) groups is 1. The monoisotopic (exact) mass is 424 g/mol. The number of rotatable bonds is 8. The number of nitrogens with one attached hydrogen (secondary N) is 2. The Hall–Kier alpha value is -3.32. The van der Waals surface area contributed by atoms with Crippen LogP contribution < -0.4 is 14.8 Å². The molecule has 0 saturated heterocycles. The van der Waals surface area contributed by atoms with Crippen molar-refractivity contribution < 1.29 is 17.9 Å². The highest BCUT2D eigenvalue weighted by Gasteiger charge is 2.16. The smallest absolute Gasteiger partial charge is 0.261 e. The normalized spacial score (nSPS) is 11.0. The van der Waals surface area contributed by atoms with E-state index in [1.54, 1.807) is 24.3 Å². The van der Waals surface area contributed by atoms with E-state index in [1.165, 1.54) is 12.1 Å². The van der Waals surface area contributed by atoms with Crippen LogP contribution in [0.3, 0.4) is 0 Å². The second-order valence-corrected chi connectivity index (χ2v) is 8.44. The number of amides is 1. The molecule has 0 bridgehead atoms. The molecule has 3 aromatic carbocycles. The minimum Gasteiger partial charge on any atom is -0.494 e. The molecule has 3 rings (SSSR count). The maximum Gasteiger partial charge on any atom is 0.261 e. The Balaban J connectivity index is 1.67. The van der Waals surface area contributed by atoms with E-state index in [-0.39, 0.29) is 16.4 Å². The maximum absolute atomic E-state index is 12.7. The van der Waals surface area contributed by atoms with Crippen LogP contribution in [0.15, 0.2) is 77.7 Å². The summed E-state index contributed by atoms with van der Waals surface area (Å²) >= 11 is 0. The molecule has 0 aliphatic rings. The number of ether oxygens (including phenoxy) is 1. The van der Waals surface area contributed by atoms with E-state index in [1.807, 2.05) is 50.2 Å². The molecule has 0 aliphatic heterocycles. The van der Waals surface area contributed by atoms with Gasteiger partial charge in [0.25, 0.3) is 15.9 Å². The van der Waals surface area contributed by atoms with Crippen LogP contribution in [0.25, 0.3) is 0 Å². The van der Waals surface area contributed by atoms with Gasteiger partial charge in [0.05, 0.1) is 11.5 Å². The third kappa shape index (κ3) is 5.61. The van der Waals surface area contributed by atoms with Gasteiger partial charge in [-0.25, -0.2) is 8.42 Å². The molecule has 1 amide bonds. The van der Waals surface area contributed by atoms with Crippen molar-refractivity contribution >= 4 is 21.6 Å². The lowest BCUT2D eigenvalue weighted by atomic mass is 10.2. The topological polar surface area (TPSA) is 84.5 Å². The quantitative estimate of drug-likeness (QED) is 0.570. The number of benzene rings is 3. The summed E-state index contributed by atoms with van der Waals surface area (Å²) in [5.41, 5.74) is 2.68. The van der Waals surface area contributed by atoms with E-state index in [4.69, 9.17) is 4.74 Å². The van der Waals surface area contributed by atoms with Crippen molar-refractivity contribution in [2.24, 2.45) is 0 Å². The van der Waals surface area contributed by atoms with Gasteiger partial charge in [-0.05, 0) is 61.9 Å².